The van der Waals surface area contributed by atoms with Crippen molar-refractivity contribution in [1.29, 1.82) is 0 Å². The van der Waals surface area contributed by atoms with Crippen LogP contribution in [-0.4, -0.2) is 91.6 Å². The van der Waals surface area contributed by atoms with Crippen LogP contribution in [0, 0.1) is 0 Å². The van der Waals surface area contributed by atoms with Gasteiger partial charge in [0, 0.05) is 25.2 Å². The average molecular weight is 591 g/mol. The number of hydrogen-bond acceptors (Lipinski definition) is 11. The predicted octanol–water partition coefficient (Wildman–Crippen LogP) is 1.79. The molecular weight excluding hydrogens is 559 g/mol. The third kappa shape index (κ3) is 8.91. The van der Waals surface area contributed by atoms with E-state index in [9.17, 15) is 18.9 Å². The Morgan fingerprint density at radius 3 is 2.51 bits per heavy atom. The van der Waals surface area contributed by atoms with Crippen molar-refractivity contribution in [2.24, 2.45) is 0 Å². The Balaban J connectivity index is 0.000000507. The highest BCUT2D eigenvalue weighted by molar-refractivity contribution is 7.56. The summed E-state index contributed by atoms with van der Waals surface area (Å²) in [7, 11) is -2.07. The molecule has 4 rings (SSSR count). The van der Waals surface area contributed by atoms with Gasteiger partial charge >= 0.3 is 17.9 Å². The summed E-state index contributed by atoms with van der Waals surface area (Å²) in [6.07, 6.45) is 4.99. The molecule has 1 aliphatic rings. The molecule has 1 saturated heterocycles. The highest BCUT2D eigenvalue weighted by atomic mass is 31.2. The topological polar surface area (TPSA) is 209 Å². The summed E-state index contributed by atoms with van der Waals surface area (Å²) >= 11 is 0. The van der Waals surface area contributed by atoms with Gasteiger partial charge in [0.2, 0.25) is 0 Å². The van der Waals surface area contributed by atoms with Gasteiger partial charge in [0.05, 0.1) is 26.7 Å². The number of nitrogens with two attached hydrogens (primary N) is 1. The number of nitrogens with zero attached hydrogens (tertiary/aromatic N) is 5. The number of esters is 1. The summed E-state index contributed by atoms with van der Waals surface area (Å²) in [5.41, 5.74) is 7.88. The first-order chi connectivity index (χ1) is 19.6. The quantitative estimate of drug-likeness (QED) is 0.126. The molecule has 41 heavy (non-hydrogen) atoms. The van der Waals surface area contributed by atoms with Crippen LogP contribution in [0.5, 0.6) is 0 Å². The molecule has 1 unspecified atom stereocenters. The van der Waals surface area contributed by atoms with E-state index in [0.29, 0.717) is 61.7 Å². The van der Waals surface area contributed by atoms with Gasteiger partial charge in [0.1, 0.15) is 24.2 Å². The molecule has 3 heterocycles. The maximum atomic E-state index is 13.7. The molecule has 1 aliphatic heterocycles. The monoisotopic (exact) mass is 590 g/mol. The number of aromatic nitrogens is 4. The Morgan fingerprint density at radius 1 is 1.15 bits per heavy atom. The van der Waals surface area contributed by atoms with E-state index in [4.69, 9.17) is 29.9 Å². The van der Waals surface area contributed by atoms with Crippen LogP contribution in [0.15, 0.2) is 55.1 Å². The Kier molecular flexibility index (Phi) is 11.5. The van der Waals surface area contributed by atoms with Crippen molar-refractivity contribution in [2.75, 3.05) is 38.9 Å². The highest BCUT2D eigenvalue weighted by Gasteiger charge is 2.43. The smallest absolute Gasteiger partial charge is 0.328 e. The van der Waals surface area contributed by atoms with Crippen molar-refractivity contribution >= 4 is 42.4 Å². The number of aliphatic carboxylic acids is 2. The molecule has 0 bridgehead atoms. The molecule has 16 heteroatoms. The normalized spacial score (nSPS) is 18.0. The summed E-state index contributed by atoms with van der Waals surface area (Å²) in [5.74, 6) is -2.66. The highest BCUT2D eigenvalue weighted by Crippen LogP contribution is 2.54. The van der Waals surface area contributed by atoms with Crippen LogP contribution in [0.25, 0.3) is 11.2 Å². The van der Waals surface area contributed by atoms with Crippen LogP contribution in [0.2, 0.25) is 0 Å². The first kappa shape index (κ1) is 31.4. The van der Waals surface area contributed by atoms with Crippen LogP contribution in [0.1, 0.15) is 12.0 Å². The lowest BCUT2D eigenvalue weighted by Gasteiger charge is -2.38. The van der Waals surface area contributed by atoms with E-state index in [1.165, 1.54) is 13.4 Å². The van der Waals surface area contributed by atoms with Gasteiger partial charge in [-0.1, -0.05) is 30.3 Å². The number of carboxylic acids is 2. The van der Waals surface area contributed by atoms with Crippen LogP contribution >= 0.6 is 7.52 Å². The molecule has 0 aliphatic carbocycles. The second kappa shape index (κ2) is 15.0. The number of carboxylic acid groups (broad SMARTS) is 2. The summed E-state index contributed by atoms with van der Waals surface area (Å²) < 4.78 is 33.7. The zero-order valence-electron chi connectivity index (χ0n) is 22.2. The molecule has 0 spiro atoms. The molecular formula is C25H31N6O9P. The second-order valence-corrected chi connectivity index (χ2v) is 10.9. The third-order valence-electron chi connectivity index (χ3n) is 5.85. The number of imidazole rings is 1. The van der Waals surface area contributed by atoms with Crippen molar-refractivity contribution in [3.05, 3.63) is 60.7 Å². The summed E-state index contributed by atoms with van der Waals surface area (Å²) in [6.45, 7) is 1.48. The fourth-order valence-corrected chi connectivity index (χ4v) is 6.16. The van der Waals surface area contributed by atoms with Gasteiger partial charge < -0.3 is 34.5 Å². The largest absolute Gasteiger partial charge is 0.478 e. The van der Waals surface area contributed by atoms with E-state index in [2.05, 4.69) is 15.0 Å². The number of rotatable bonds is 11. The Labute approximate surface area is 235 Å². The fourth-order valence-electron chi connectivity index (χ4n) is 3.97. The number of fused-ring (bicyclic) bond motifs is 1. The zero-order chi connectivity index (χ0) is 29.8. The van der Waals surface area contributed by atoms with Gasteiger partial charge in [-0.25, -0.2) is 29.2 Å². The molecule has 0 saturated carbocycles. The van der Waals surface area contributed by atoms with Gasteiger partial charge in [-0.05, 0) is 18.4 Å². The summed E-state index contributed by atoms with van der Waals surface area (Å²) in [6, 6.07) is 8.82. The minimum Gasteiger partial charge on any atom is -0.478 e. The summed E-state index contributed by atoms with van der Waals surface area (Å²) in [4.78, 5) is 44.1. The molecule has 3 aromatic rings. The number of carbonyl (C=O) groups excluding carboxylic acids is 1. The standard InChI is InChI=1S/C21H27N6O5P.C4H4O4/c1-30-21(28)17(12-16-6-3-2-4-7-16)27-8-5-10-32-33(27,29)15-31-11-9-26-14-25-18-19(22)23-13-24-20(18)26;5-3(6)1-2-4(7)8/h2-4,6-7,13-14,17H,5,8-12,15H2,1H3,(H2,22,23,24);1-2H,(H,5,6)(H,7,8)/b;2-1+/t17-,33?;/m0./s1. The van der Waals surface area contributed by atoms with E-state index in [1.807, 2.05) is 30.3 Å². The van der Waals surface area contributed by atoms with Crippen LogP contribution in [-0.2, 0) is 45.9 Å². The molecule has 2 atom stereocenters. The number of anilines is 1. The van der Waals surface area contributed by atoms with E-state index in [1.54, 1.807) is 15.6 Å². The Bertz CT molecular complexity index is 1400. The van der Waals surface area contributed by atoms with Crippen molar-refractivity contribution in [2.45, 2.75) is 25.4 Å². The molecule has 1 fully saturated rings. The van der Waals surface area contributed by atoms with E-state index in [0.717, 1.165) is 5.56 Å². The summed E-state index contributed by atoms with van der Waals surface area (Å²) in [5, 5.41) is 15.6. The van der Waals surface area contributed by atoms with Crippen molar-refractivity contribution in [3.63, 3.8) is 0 Å². The number of hydrogen-bond donors (Lipinski definition) is 3. The number of benzene rings is 1. The molecule has 0 amide bonds. The average Bonchev–Trinajstić information content (AvgIpc) is 3.38. The predicted molar refractivity (Wildman–Crippen MR) is 146 cm³/mol. The second-order valence-electron chi connectivity index (χ2n) is 8.63. The Morgan fingerprint density at radius 2 is 1.85 bits per heavy atom. The third-order valence-corrected chi connectivity index (χ3v) is 8.21. The van der Waals surface area contributed by atoms with Crippen LogP contribution in [0.4, 0.5) is 5.82 Å². The first-order valence-electron chi connectivity index (χ1n) is 12.4. The van der Waals surface area contributed by atoms with Gasteiger partial charge in [-0.15, -0.1) is 0 Å². The number of ether oxygens (including phenoxy) is 2. The Hall–Kier alpha value is -4.17. The minimum absolute atomic E-state index is 0.140. The fraction of sp³-hybridized carbons (Fsp3) is 0.360. The van der Waals surface area contributed by atoms with Crippen LogP contribution in [0.3, 0.4) is 0 Å². The molecule has 15 nitrogen and oxygen atoms in total. The van der Waals surface area contributed by atoms with Gasteiger partial charge in [0.25, 0.3) is 7.52 Å². The van der Waals surface area contributed by atoms with Gasteiger partial charge in [0.15, 0.2) is 11.5 Å². The maximum Gasteiger partial charge on any atom is 0.328 e. The van der Waals surface area contributed by atoms with E-state index < -0.39 is 31.5 Å². The molecule has 2 aromatic heterocycles. The molecule has 1 aromatic carbocycles. The lowest BCUT2D eigenvalue weighted by molar-refractivity contribution is -0.145. The lowest BCUT2D eigenvalue weighted by atomic mass is 10.1. The SMILES string of the molecule is COC(=O)[C@H](Cc1ccccc1)N1CCCOP1(=O)COCCn1cnc2c(N)ncnc21.O=C(O)/C=C/C(=O)O. The van der Waals surface area contributed by atoms with E-state index in [-0.39, 0.29) is 13.0 Å². The minimum atomic E-state index is -3.41. The van der Waals surface area contributed by atoms with Gasteiger partial charge in [-0.3, -0.25) is 9.36 Å². The van der Waals surface area contributed by atoms with Crippen molar-refractivity contribution < 1.29 is 43.2 Å². The van der Waals surface area contributed by atoms with Gasteiger partial charge in [-0.2, -0.15) is 0 Å². The number of nitrogen functional groups attached to an aromatic ring is 1. The van der Waals surface area contributed by atoms with Crippen molar-refractivity contribution in [3.8, 4) is 0 Å². The molecule has 0 radical (unpaired) electrons. The number of methoxy groups -OCH3 is 1. The van der Waals surface area contributed by atoms with Crippen LogP contribution < -0.4 is 5.73 Å². The lowest BCUT2D eigenvalue weighted by Crippen LogP contribution is -2.45. The van der Waals surface area contributed by atoms with Crippen molar-refractivity contribution in [1.82, 2.24) is 24.2 Å². The zero-order valence-corrected chi connectivity index (χ0v) is 23.1. The first-order valence-corrected chi connectivity index (χ1v) is 14.2. The number of carbonyl (C=O) groups is 3. The molecule has 220 valence electrons. The maximum absolute atomic E-state index is 13.7. The molecule has 4 N–H and O–H groups in total. The van der Waals surface area contributed by atoms with E-state index >= 15 is 0 Å².